The smallest absolute Gasteiger partial charge is 0.227 e. The van der Waals surface area contributed by atoms with Crippen LogP contribution in [0.5, 0.6) is 0 Å². The van der Waals surface area contributed by atoms with Gasteiger partial charge in [-0.1, -0.05) is 27.7 Å². The summed E-state index contributed by atoms with van der Waals surface area (Å²) in [5.41, 5.74) is 1.82. The second-order valence-corrected chi connectivity index (χ2v) is 7.06. The molecule has 1 rings (SSSR count). The number of anilines is 2. The lowest BCUT2D eigenvalue weighted by Crippen LogP contribution is -2.39. The van der Waals surface area contributed by atoms with Crippen LogP contribution in [0.1, 0.15) is 80.1 Å². The molecule has 0 saturated heterocycles. The van der Waals surface area contributed by atoms with E-state index in [0.29, 0.717) is 12.8 Å². The second kappa shape index (κ2) is 11.0. The minimum Gasteiger partial charge on any atom is -0.310 e. The Morgan fingerprint density at radius 2 is 1.04 bits per heavy atom. The van der Waals surface area contributed by atoms with Gasteiger partial charge in [0.25, 0.3) is 0 Å². The van der Waals surface area contributed by atoms with Crippen molar-refractivity contribution in [2.24, 2.45) is 0 Å². The minimum atomic E-state index is 0.160. The molecule has 4 nitrogen and oxygen atoms in total. The molecule has 0 spiro atoms. The average Bonchev–Trinajstić information content (AvgIpc) is 2.63. The number of rotatable bonds is 10. The normalized spacial score (nSPS) is 13.2. The summed E-state index contributed by atoms with van der Waals surface area (Å²) in [6.07, 6.45) is 4.62. The van der Waals surface area contributed by atoms with E-state index in [-0.39, 0.29) is 23.9 Å². The monoisotopic (exact) mass is 360 g/mol. The van der Waals surface area contributed by atoms with Crippen molar-refractivity contribution in [3.05, 3.63) is 24.3 Å². The molecule has 0 aliphatic carbocycles. The molecule has 0 unspecified atom stereocenters. The lowest BCUT2D eigenvalue weighted by molar-refractivity contribution is -0.119. The maximum absolute atomic E-state index is 12.6. The van der Waals surface area contributed by atoms with Crippen LogP contribution in [0.25, 0.3) is 0 Å². The highest BCUT2D eigenvalue weighted by atomic mass is 16.2. The molecule has 0 heterocycles. The molecule has 0 fully saturated rings. The molecule has 1 aromatic rings. The summed E-state index contributed by atoms with van der Waals surface area (Å²) >= 11 is 0. The predicted octanol–water partition coefficient (Wildman–Crippen LogP) is 5.55. The molecule has 26 heavy (non-hydrogen) atoms. The fourth-order valence-corrected chi connectivity index (χ4v) is 3.10. The highest BCUT2D eigenvalue weighted by molar-refractivity contribution is 5.96. The first-order valence-corrected chi connectivity index (χ1v) is 10.1. The van der Waals surface area contributed by atoms with E-state index in [4.69, 9.17) is 0 Å². The van der Waals surface area contributed by atoms with Crippen LogP contribution in [0.2, 0.25) is 0 Å². The topological polar surface area (TPSA) is 40.6 Å². The van der Waals surface area contributed by atoms with Gasteiger partial charge in [-0.05, 0) is 63.8 Å². The lowest BCUT2D eigenvalue weighted by atomic mass is 10.1. The van der Waals surface area contributed by atoms with Gasteiger partial charge in [-0.25, -0.2) is 0 Å². The summed E-state index contributed by atoms with van der Waals surface area (Å²) in [5, 5.41) is 0. The van der Waals surface area contributed by atoms with E-state index in [1.807, 2.05) is 47.9 Å². The van der Waals surface area contributed by atoms with Crippen molar-refractivity contribution in [1.29, 1.82) is 0 Å². The van der Waals surface area contributed by atoms with Crippen LogP contribution in [-0.2, 0) is 9.59 Å². The van der Waals surface area contributed by atoms with Crippen molar-refractivity contribution in [3.63, 3.8) is 0 Å². The standard InChI is InChI=1S/C22H36N2O2/c1-7-11-21(25)23(17(5)9-3)19-13-15-20(16-14-19)24(18(6)10-4)22(26)12-8-2/h13-18H,7-12H2,1-6H3/t17-,18-/m1/s1. The van der Waals surface area contributed by atoms with Gasteiger partial charge in [-0.3, -0.25) is 9.59 Å². The van der Waals surface area contributed by atoms with Crippen LogP contribution in [0, 0.1) is 0 Å². The van der Waals surface area contributed by atoms with Gasteiger partial charge in [0.15, 0.2) is 0 Å². The molecule has 0 aromatic heterocycles. The van der Waals surface area contributed by atoms with E-state index in [2.05, 4.69) is 27.7 Å². The molecule has 0 N–H and O–H groups in total. The molecule has 0 bridgehead atoms. The molecule has 2 amide bonds. The zero-order valence-corrected chi connectivity index (χ0v) is 17.4. The molecule has 0 radical (unpaired) electrons. The molecule has 0 aliphatic rings. The van der Waals surface area contributed by atoms with E-state index >= 15 is 0 Å². The number of nitrogens with zero attached hydrogens (tertiary/aromatic N) is 2. The van der Waals surface area contributed by atoms with E-state index in [9.17, 15) is 9.59 Å². The van der Waals surface area contributed by atoms with Gasteiger partial charge in [0.1, 0.15) is 0 Å². The Morgan fingerprint density at radius 1 is 0.731 bits per heavy atom. The molecule has 0 saturated carbocycles. The van der Waals surface area contributed by atoms with Crippen LogP contribution in [0.15, 0.2) is 24.3 Å². The lowest BCUT2D eigenvalue weighted by Gasteiger charge is -2.31. The molecule has 0 aliphatic heterocycles. The van der Waals surface area contributed by atoms with Gasteiger partial charge >= 0.3 is 0 Å². The van der Waals surface area contributed by atoms with Gasteiger partial charge in [0.2, 0.25) is 11.8 Å². The Balaban J connectivity index is 3.16. The summed E-state index contributed by atoms with van der Waals surface area (Å²) in [6, 6.07) is 8.22. The Bertz CT molecular complexity index is 517. The van der Waals surface area contributed by atoms with Gasteiger partial charge in [-0.15, -0.1) is 0 Å². The summed E-state index contributed by atoms with van der Waals surface area (Å²) in [6.45, 7) is 12.4. The third-order valence-corrected chi connectivity index (χ3v) is 4.93. The highest BCUT2D eigenvalue weighted by Crippen LogP contribution is 2.26. The third-order valence-electron chi connectivity index (χ3n) is 4.93. The zero-order chi connectivity index (χ0) is 19.7. The first-order chi connectivity index (χ1) is 12.4. The fourth-order valence-electron chi connectivity index (χ4n) is 3.10. The first-order valence-electron chi connectivity index (χ1n) is 10.1. The number of amides is 2. The number of carbonyl (C=O) groups is 2. The fraction of sp³-hybridized carbons (Fsp3) is 0.636. The third kappa shape index (κ3) is 5.58. The molecule has 2 atom stereocenters. The van der Waals surface area contributed by atoms with Crippen molar-refractivity contribution in [1.82, 2.24) is 0 Å². The van der Waals surface area contributed by atoms with E-state index in [0.717, 1.165) is 37.1 Å². The summed E-state index contributed by atoms with van der Waals surface area (Å²) in [4.78, 5) is 28.9. The minimum absolute atomic E-state index is 0.160. The van der Waals surface area contributed by atoms with Gasteiger partial charge < -0.3 is 9.80 Å². The van der Waals surface area contributed by atoms with Gasteiger partial charge in [-0.2, -0.15) is 0 Å². The zero-order valence-electron chi connectivity index (χ0n) is 17.4. The van der Waals surface area contributed by atoms with Crippen LogP contribution >= 0.6 is 0 Å². The predicted molar refractivity (Wildman–Crippen MR) is 111 cm³/mol. The molecule has 4 heteroatoms. The summed E-state index contributed by atoms with van der Waals surface area (Å²) < 4.78 is 0. The summed E-state index contributed by atoms with van der Waals surface area (Å²) in [7, 11) is 0. The number of hydrogen-bond donors (Lipinski definition) is 0. The molecule has 1 aromatic carbocycles. The number of carbonyl (C=O) groups excluding carboxylic acids is 2. The van der Waals surface area contributed by atoms with Crippen LogP contribution in [-0.4, -0.2) is 23.9 Å². The van der Waals surface area contributed by atoms with Crippen molar-refractivity contribution >= 4 is 23.2 Å². The van der Waals surface area contributed by atoms with Crippen molar-refractivity contribution < 1.29 is 9.59 Å². The van der Waals surface area contributed by atoms with Gasteiger partial charge in [0.05, 0.1) is 0 Å². The Morgan fingerprint density at radius 3 is 1.27 bits per heavy atom. The van der Waals surface area contributed by atoms with Crippen LogP contribution in [0.3, 0.4) is 0 Å². The van der Waals surface area contributed by atoms with Gasteiger partial charge in [0, 0.05) is 36.3 Å². The number of benzene rings is 1. The van der Waals surface area contributed by atoms with Crippen LogP contribution < -0.4 is 9.80 Å². The Kier molecular flexibility index (Phi) is 9.39. The second-order valence-electron chi connectivity index (χ2n) is 7.06. The highest BCUT2D eigenvalue weighted by Gasteiger charge is 2.23. The largest absolute Gasteiger partial charge is 0.310 e. The quantitative estimate of drug-likeness (QED) is 0.549. The summed E-state index contributed by atoms with van der Waals surface area (Å²) in [5.74, 6) is 0.325. The van der Waals surface area contributed by atoms with E-state index in [1.54, 1.807) is 0 Å². The maximum atomic E-state index is 12.6. The molecular formula is C22H36N2O2. The molecular weight excluding hydrogens is 324 g/mol. The average molecular weight is 361 g/mol. The molecule has 146 valence electrons. The Labute approximate surface area is 159 Å². The van der Waals surface area contributed by atoms with Crippen molar-refractivity contribution in [2.75, 3.05) is 9.80 Å². The van der Waals surface area contributed by atoms with E-state index < -0.39 is 0 Å². The SMILES string of the molecule is CCCC(=O)N(c1ccc(N(C(=O)CCC)[C@H](C)CC)cc1)[C@H](C)CC. The first kappa shape index (κ1) is 22.2. The number of hydrogen-bond acceptors (Lipinski definition) is 2. The van der Waals surface area contributed by atoms with Crippen molar-refractivity contribution in [3.8, 4) is 0 Å². The Hall–Kier alpha value is -1.84. The van der Waals surface area contributed by atoms with Crippen LogP contribution in [0.4, 0.5) is 11.4 Å². The van der Waals surface area contributed by atoms with E-state index in [1.165, 1.54) is 0 Å². The maximum Gasteiger partial charge on any atom is 0.227 e. The van der Waals surface area contributed by atoms with Crippen molar-refractivity contribution in [2.45, 2.75) is 92.2 Å².